The predicted molar refractivity (Wildman–Crippen MR) is 88.9 cm³/mol. The molecule has 0 radical (unpaired) electrons. The summed E-state index contributed by atoms with van der Waals surface area (Å²) < 4.78 is 16.2. The number of rotatable bonds is 4. The van der Waals surface area contributed by atoms with Gasteiger partial charge in [0.15, 0.2) is 11.5 Å². The molecule has 0 aliphatic carbocycles. The third-order valence-corrected chi connectivity index (χ3v) is 4.25. The van der Waals surface area contributed by atoms with E-state index in [0.29, 0.717) is 17.2 Å². The molecule has 4 nitrogen and oxygen atoms in total. The van der Waals surface area contributed by atoms with Crippen LogP contribution < -0.4 is 14.2 Å². The van der Waals surface area contributed by atoms with Crippen molar-refractivity contribution < 1.29 is 19.3 Å². The molecule has 0 bridgehead atoms. The normalized spacial score (nSPS) is 13.0. The van der Waals surface area contributed by atoms with Crippen LogP contribution in [0.15, 0.2) is 12.1 Å². The molecule has 0 saturated carbocycles. The summed E-state index contributed by atoms with van der Waals surface area (Å²) in [6.45, 7) is 12.2. The minimum Gasteiger partial charge on any atom is -0.493 e. The molecular weight excluding hydrogens is 280 g/mol. The topological polar surface area (TPSA) is 47.9 Å². The van der Waals surface area contributed by atoms with Crippen molar-refractivity contribution in [2.24, 2.45) is 10.8 Å². The van der Waals surface area contributed by atoms with Gasteiger partial charge in [0.2, 0.25) is 5.75 Å². The molecule has 4 heteroatoms. The minimum absolute atomic E-state index is 0.379. The van der Waals surface area contributed by atoms with Crippen LogP contribution in [0.4, 0.5) is 0 Å². The Kier molecular flexibility index (Phi) is 5.08. The van der Waals surface area contributed by atoms with Gasteiger partial charge in [-0.2, -0.15) is 0 Å². The van der Waals surface area contributed by atoms with Gasteiger partial charge in [-0.15, -0.1) is 0 Å². The van der Waals surface area contributed by atoms with Crippen molar-refractivity contribution in [2.75, 3.05) is 21.3 Å². The van der Waals surface area contributed by atoms with Crippen LogP contribution in [0, 0.1) is 10.8 Å². The fraction of sp³-hybridized carbons (Fsp3) is 0.667. The second kappa shape index (κ2) is 5.99. The number of methoxy groups -OCH3 is 3. The van der Waals surface area contributed by atoms with Gasteiger partial charge in [-0.1, -0.05) is 41.5 Å². The van der Waals surface area contributed by atoms with Gasteiger partial charge in [-0.25, -0.2) is 0 Å². The molecule has 1 aromatic rings. The fourth-order valence-electron chi connectivity index (χ4n) is 3.28. The molecule has 0 aliphatic rings. The SMILES string of the molecule is COc1cc(C(O)(C(C)(C)C)C(C)(C)C)cc(OC)c1OC. The number of ether oxygens (including phenoxy) is 3. The zero-order chi connectivity index (χ0) is 17.3. The van der Waals surface area contributed by atoms with Gasteiger partial charge in [-0.05, 0) is 28.5 Å². The van der Waals surface area contributed by atoms with Gasteiger partial charge >= 0.3 is 0 Å². The predicted octanol–water partition coefficient (Wildman–Crippen LogP) is 3.99. The van der Waals surface area contributed by atoms with E-state index < -0.39 is 5.60 Å². The zero-order valence-corrected chi connectivity index (χ0v) is 15.3. The summed E-state index contributed by atoms with van der Waals surface area (Å²) in [5, 5.41) is 11.6. The van der Waals surface area contributed by atoms with Crippen LogP contribution in [-0.4, -0.2) is 26.4 Å². The molecule has 0 saturated heterocycles. The molecule has 1 aromatic carbocycles. The van der Waals surface area contributed by atoms with E-state index in [0.717, 1.165) is 5.56 Å². The van der Waals surface area contributed by atoms with Crippen LogP contribution in [-0.2, 0) is 5.60 Å². The van der Waals surface area contributed by atoms with Crippen molar-refractivity contribution in [3.05, 3.63) is 17.7 Å². The second-order valence-corrected chi connectivity index (χ2v) is 7.62. The number of hydrogen-bond acceptors (Lipinski definition) is 4. The molecule has 1 rings (SSSR count). The van der Waals surface area contributed by atoms with Crippen LogP contribution in [0.25, 0.3) is 0 Å². The molecule has 126 valence electrons. The van der Waals surface area contributed by atoms with Crippen LogP contribution in [0.5, 0.6) is 17.2 Å². The fourth-order valence-corrected chi connectivity index (χ4v) is 3.28. The summed E-state index contributed by atoms with van der Waals surface area (Å²) in [5.74, 6) is 1.62. The van der Waals surface area contributed by atoms with Crippen LogP contribution >= 0.6 is 0 Å². The average molecular weight is 310 g/mol. The molecule has 0 aromatic heterocycles. The molecule has 0 amide bonds. The third-order valence-electron chi connectivity index (χ3n) is 4.25. The maximum atomic E-state index is 11.6. The highest BCUT2D eigenvalue weighted by Gasteiger charge is 2.51. The minimum atomic E-state index is -1.08. The lowest BCUT2D eigenvalue weighted by molar-refractivity contribution is -0.145. The van der Waals surface area contributed by atoms with Gasteiger partial charge in [0, 0.05) is 0 Å². The van der Waals surface area contributed by atoms with E-state index >= 15 is 0 Å². The van der Waals surface area contributed by atoms with Gasteiger partial charge in [-0.3, -0.25) is 0 Å². The van der Waals surface area contributed by atoms with Crippen LogP contribution in [0.2, 0.25) is 0 Å². The second-order valence-electron chi connectivity index (χ2n) is 7.62. The Morgan fingerprint density at radius 3 is 1.32 bits per heavy atom. The van der Waals surface area contributed by atoms with Gasteiger partial charge in [0.25, 0.3) is 0 Å². The maximum Gasteiger partial charge on any atom is 0.203 e. The first-order valence-electron chi connectivity index (χ1n) is 7.47. The van der Waals surface area contributed by atoms with Gasteiger partial charge in [0.1, 0.15) is 0 Å². The van der Waals surface area contributed by atoms with Gasteiger partial charge < -0.3 is 19.3 Å². The molecule has 0 spiro atoms. The Labute approximate surface area is 134 Å². The molecular formula is C18H30O4. The lowest BCUT2D eigenvalue weighted by atomic mass is 9.59. The number of aliphatic hydroxyl groups is 1. The van der Waals surface area contributed by atoms with E-state index in [1.165, 1.54) is 0 Å². The summed E-state index contributed by atoms with van der Waals surface area (Å²) in [6, 6.07) is 3.66. The maximum absolute atomic E-state index is 11.6. The van der Waals surface area contributed by atoms with E-state index in [1.54, 1.807) is 21.3 Å². The van der Waals surface area contributed by atoms with Crippen molar-refractivity contribution in [3.8, 4) is 17.2 Å². The Hall–Kier alpha value is -1.42. The molecule has 0 aliphatic heterocycles. The summed E-state index contributed by atoms with van der Waals surface area (Å²) in [7, 11) is 4.72. The average Bonchev–Trinajstić information content (AvgIpc) is 2.42. The summed E-state index contributed by atoms with van der Waals surface area (Å²) in [5.41, 5.74) is -1.08. The highest BCUT2D eigenvalue weighted by molar-refractivity contribution is 5.55. The van der Waals surface area contributed by atoms with Gasteiger partial charge in [0.05, 0.1) is 26.9 Å². The Balaban J connectivity index is 3.72. The van der Waals surface area contributed by atoms with Crippen molar-refractivity contribution in [1.82, 2.24) is 0 Å². The molecule has 0 atom stereocenters. The van der Waals surface area contributed by atoms with Crippen molar-refractivity contribution >= 4 is 0 Å². The van der Waals surface area contributed by atoms with E-state index in [-0.39, 0.29) is 10.8 Å². The Morgan fingerprint density at radius 2 is 1.09 bits per heavy atom. The summed E-state index contributed by atoms with van der Waals surface area (Å²) >= 11 is 0. The van der Waals surface area contributed by atoms with E-state index in [1.807, 2.05) is 53.7 Å². The first-order valence-corrected chi connectivity index (χ1v) is 7.47. The molecule has 0 fully saturated rings. The van der Waals surface area contributed by atoms with E-state index in [2.05, 4.69) is 0 Å². The first kappa shape index (κ1) is 18.6. The van der Waals surface area contributed by atoms with Crippen LogP contribution in [0.1, 0.15) is 47.1 Å². The lowest BCUT2D eigenvalue weighted by Gasteiger charge is -2.50. The highest BCUT2D eigenvalue weighted by atomic mass is 16.5. The third kappa shape index (κ3) is 2.89. The van der Waals surface area contributed by atoms with E-state index in [9.17, 15) is 5.11 Å². The molecule has 22 heavy (non-hydrogen) atoms. The summed E-state index contributed by atoms with van der Waals surface area (Å²) in [4.78, 5) is 0. The molecule has 0 heterocycles. The largest absolute Gasteiger partial charge is 0.493 e. The van der Waals surface area contributed by atoms with Crippen molar-refractivity contribution in [2.45, 2.75) is 47.1 Å². The zero-order valence-electron chi connectivity index (χ0n) is 15.3. The number of benzene rings is 1. The highest BCUT2D eigenvalue weighted by Crippen LogP contribution is 2.53. The van der Waals surface area contributed by atoms with Crippen molar-refractivity contribution in [3.63, 3.8) is 0 Å². The Morgan fingerprint density at radius 1 is 0.727 bits per heavy atom. The monoisotopic (exact) mass is 310 g/mol. The van der Waals surface area contributed by atoms with E-state index in [4.69, 9.17) is 14.2 Å². The standard InChI is InChI=1S/C18H30O4/c1-16(2,3)18(19,17(4,5)6)12-10-13(20-7)15(22-9)14(11-12)21-8/h10-11,19H,1-9H3. The van der Waals surface area contributed by atoms with Crippen molar-refractivity contribution in [1.29, 1.82) is 0 Å². The number of hydrogen-bond donors (Lipinski definition) is 1. The molecule has 0 unspecified atom stereocenters. The summed E-state index contributed by atoms with van der Waals surface area (Å²) in [6.07, 6.45) is 0. The lowest BCUT2D eigenvalue weighted by Crippen LogP contribution is -2.50. The first-order chi connectivity index (χ1) is 9.93. The Bertz CT molecular complexity index is 482. The van der Waals surface area contributed by atoms with Crippen LogP contribution in [0.3, 0.4) is 0 Å². The molecule has 1 N–H and O–H groups in total. The quantitative estimate of drug-likeness (QED) is 0.913. The smallest absolute Gasteiger partial charge is 0.203 e.